The van der Waals surface area contributed by atoms with E-state index in [0.717, 1.165) is 122 Å². The zero-order chi connectivity index (χ0) is 56.4. The highest BCUT2D eigenvalue weighted by molar-refractivity contribution is 9.10. The highest BCUT2D eigenvalue weighted by Crippen LogP contribution is 2.41. The van der Waals surface area contributed by atoms with Gasteiger partial charge in [-0.15, -0.1) is 0 Å². The van der Waals surface area contributed by atoms with Crippen molar-refractivity contribution in [2.75, 3.05) is 65.4 Å². The second-order valence-electron chi connectivity index (χ2n) is 23.7. The Balaban J connectivity index is 0.000000173. The zero-order valence-corrected chi connectivity index (χ0v) is 51.1. The molecule has 4 saturated heterocycles. The van der Waals surface area contributed by atoms with Crippen molar-refractivity contribution in [1.29, 1.82) is 0 Å². The van der Waals surface area contributed by atoms with Crippen LogP contribution >= 0.6 is 55.1 Å². The molecule has 0 radical (unpaired) electrons. The Bertz CT molecular complexity index is 3090. The van der Waals surface area contributed by atoms with Crippen molar-refractivity contribution < 1.29 is 19.1 Å². The summed E-state index contributed by atoms with van der Waals surface area (Å²) in [5.74, 6) is 0.975. The highest BCUT2D eigenvalue weighted by Gasteiger charge is 2.44. The lowest BCUT2D eigenvalue weighted by atomic mass is 9.94. The van der Waals surface area contributed by atoms with Gasteiger partial charge in [0.05, 0.1) is 42.2 Å². The number of halogens is 4. The first kappa shape index (κ1) is 57.6. The maximum atomic E-state index is 14.4. The van der Waals surface area contributed by atoms with Crippen molar-refractivity contribution in [2.45, 2.75) is 115 Å². The smallest absolute Gasteiger partial charge is 0.411 e. The van der Waals surface area contributed by atoms with Crippen LogP contribution in [0.3, 0.4) is 0 Å². The van der Waals surface area contributed by atoms with Crippen molar-refractivity contribution >= 4 is 73.0 Å². The number of imidazole rings is 2. The number of ether oxygens (including phenoxy) is 1. The molecule has 2 aromatic carbocycles. The molecule has 1 N–H and O–H groups in total. The molecule has 3 amide bonds. The molecule has 4 aliphatic heterocycles. The van der Waals surface area contributed by atoms with Gasteiger partial charge in [-0.25, -0.2) is 14.8 Å². The third-order valence-electron chi connectivity index (χ3n) is 16.9. The zero-order valence-electron chi connectivity index (χ0n) is 46.4. The summed E-state index contributed by atoms with van der Waals surface area (Å²) in [6, 6.07) is 15.6. The summed E-state index contributed by atoms with van der Waals surface area (Å²) in [6.07, 6.45) is 22.3. The topological polar surface area (TPSA) is 150 Å². The van der Waals surface area contributed by atoms with E-state index in [4.69, 9.17) is 37.9 Å². The summed E-state index contributed by atoms with van der Waals surface area (Å²) in [5, 5.41) is 5.00. The quantitative estimate of drug-likeness (QED) is 0.155. The van der Waals surface area contributed by atoms with Gasteiger partial charge in [0.2, 0.25) is 11.8 Å². The first-order chi connectivity index (χ1) is 39.1. The first-order valence-electron chi connectivity index (χ1n) is 28.7. The fraction of sp³-hybridized carbons (Fsp3) is 0.492. The monoisotopic (exact) mass is 1260 g/mol. The van der Waals surface area contributed by atoms with Crippen molar-refractivity contribution in [1.82, 2.24) is 58.9 Å². The molecule has 6 aromatic rings. The van der Waals surface area contributed by atoms with E-state index in [9.17, 15) is 14.4 Å². The van der Waals surface area contributed by atoms with Crippen LogP contribution in [0.5, 0.6) is 0 Å². The first-order valence-corrected chi connectivity index (χ1v) is 31.0. The number of benzene rings is 2. The average Bonchev–Trinajstić information content (AvgIpc) is 4.20. The number of carbonyl (C=O) groups is 3. The fourth-order valence-electron chi connectivity index (χ4n) is 13.2. The van der Waals surface area contributed by atoms with Crippen LogP contribution in [-0.4, -0.2) is 155 Å². The van der Waals surface area contributed by atoms with Crippen molar-refractivity contribution in [3.63, 3.8) is 0 Å². The van der Waals surface area contributed by atoms with E-state index < -0.39 is 17.7 Å². The van der Waals surface area contributed by atoms with Gasteiger partial charge in [-0.05, 0) is 186 Å². The normalized spacial score (nSPS) is 23.4. The molecule has 8 heterocycles. The van der Waals surface area contributed by atoms with Gasteiger partial charge < -0.3 is 29.0 Å². The van der Waals surface area contributed by atoms with Gasteiger partial charge in [-0.2, -0.15) is 0 Å². The van der Waals surface area contributed by atoms with Crippen LogP contribution in [0, 0.1) is 11.8 Å². The van der Waals surface area contributed by atoms with Gasteiger partial charge >= 0.3 is 6.09 Å². The van der Waals surface area contributed by atoms with E-state index in [2.05, 4.69) is 107 Å². The summed E-state index contributed by atoms with van der Waals surface area (Å²) in [5.41, 5.74) is 8.71. The maximum Gasteiger partial charge on any atom is 0.411 e. The van der Waals surface area contributed by atoms with Crippen LogP contribution < -0.4 is 5.32 Å². The maximum absolute atomic E-state index is 14.4. The molecule has 16 nitrogen and oxygen atoms in total. The largest absolute Gasteiger partial charge is 0.444 e. The Kier molecular flexibility index (Phi) is 18.0. The Hall–Kier alpha value is -5.21. The number of carbonyl (C=O) groups excluding carboxylic acids is 3. The SMILES string of the molecule is CC(C)(C)OC(=O)N1CCN([C@@H]2c3ccc(Cl)cc3CCc3cc(Br)cnc32)C[C@@H]1C(=O)N1CCC[C@H](Cn2ccnc2)C1.O=C([C@H]1CN([C@@H]2c3ccc(Cl)cc3CCc3cc(Br)cnc32)CCN1)N1CCC[C@H](Cn2ccnc2)C1. The van der Waals surface area contributed by atoms with E-state index in [0.29, 0.717) is 56.1 Å². The van der Waals surface area contributed by atoms with E-state index in [1.807, 2.05) is 81.4 Å². The van der Waals surface area contributed by atoms with Crippen LogP contribution in [-0.2, 0) is 53.1 Å². The number of nitrogens with one attached hydrogen (secondary N) is 1. The van der Waals surface area contributed by atoms with Gasteiger partial charge in [0, 0.05) is 135 Å². The molecule has 428 valence electrons. The lowest BCUT2D eigenvalue weighted by Crippen LogP contribution is -2.63. The van der Waals surface area contributed by atoms with Gasteiger partial charge in [0.1, 0.15) is 11.6 Å². The number of aryl methyl sites for hydroxylation is 4. The molecule has 4 aromatic heterocycles. The van der Waals surface area contributed by atoms with Crippen molar-refractivity contribution in [3.05, 3.63) is 162 Å². The van der Waals surface area contributed by atoms with E-state index >= 15 is 0 Å². The number of amides is 3. The molecule has 6 aliphatic rings. The van der Waals surface area contributed by atoms with Crippen LogP contribution in [0.15, 0.2) is 107 Å². The number of fused-ring (bicyclic) bond motifs is 4. The molecular weight excluding hydrogens is 1200 g/mol. The van der Waals surface area contributed by atoms with Gasteiger partial charge in [0.25, 0.3) is 0 Å². The van der Waals surface area contributed by atoms with Gasteiger partial charge in [-0.1, -0.05) is 35.3 Å². The Morgan fingerprint density at radius 1 is 0.642 bits per heavy atom. The number of hydrogen-bond acceptors (Lipinski definition) is 11. The Morgan fingerprint density at radius 3 is 1.68 bits per heavy atom. The van der Waals surface area contributed by atoms with E-state index in [1.165, 1.54) is 27.8 Å². The summed E-state index contributed by atoms with van der Waals surface area (Å²) >= 11 is 20.1. The summed E-state index contributed by atoms with van der Waals surface area (Å²) in [6.45, 7) is 13.9. The molecule has 0 unspecified atom stereocenters. The standard InChI is InChI=1S/C33H40BrClN6O3.C28H32BrClN6O/c1-33(2,3)44-32(43)41-14-13-39(20-28(41)31(42)40-11-4-5-22(19-40)18-38-12-10-36-21-38)30-27-9-8-26(35)16-23(27)6-7-24-15-25(34)17-37-29(24)30;29-22-12-21-4-3-20-13-23(30)5-6-24(20)27(26(21)33-14-22)35-11-8-32-25(17-35)28(37)36-9-1-2-19(16-36)15-34-10-7-31-18-34/h8-10,12,15-17,21-22,28,30H,4-7,11,13-14,18-20H2,1-3H3;5-7,10,12-14,18-19,25,27,32H,1-4,8-9,11,15-17H2/t22-,28-,30-;19-,25-,27-/m11/s1. The Labute approximate surface area is 502 Å². The molecule has 0 saturated carbocycles. The number of hydrogen-bond donors (Lipinski definition) is 1. The average molecular weight is 1270 g/mol. The predicted octanol–water partition coefficient (Wildman–Crippen LogP) is 9.84. The lowest BCUT2D eigenvalue weighted by Gasteiger charge is -2.46. The van der Waals surface area contributed by atoms with Crippen LogP contribution in [0.25, 0.3) is 0 Å². The number of aromatic nitrogens is 6. The molecule has 6 atom stereocenters. The van der Waals surface area contributed by atoms with Gasteiger partial charge in [-0.3, -0.25) is 34.3 Å². The number of pyridine rings is 2. The van der Waals surface area contributed by atoms with Crippen LogP contribution in [0.2, 0.25) is 10.0 Å². The van der Waals surface area contributed by atoms with Crippen molar-refractivity contribution in [3.8, 4) is 0 Å². The minimum Gasteiger partial charge on any atom is -0.444 e. The Morgan fingerprint density at radius 2 is 1.16 bits per heavy atom. The number of rotatable bonds is 8. The second kappa shape index (κ2) is 25.3. The molecule has 0 bridgehead atoms. The number of piperidine rings is 2. The van der Waals surface area contributed by atoms with Crippen molar-refractivity contribution in [2.24, 2.45) is 11.8 Å². The molecule has 2 aliphatic carbocycles. The minimum atomic E-state index is -0.677. The minimum absolute atomic E-state index is 0.00520. The van der Waals surface area contributed by atoms with Crippen LogP contribution in [0.1, 0.15) is 103 Å². The number of piperazine rings is 2. The molecule has 4 fully saturated rings. The molecule has 81 heavy (non-hydrogen) atoms. The van der Waals surface area contributed by atoms with Crippen LogP contribution in [0.4, 0.5) is 4.79 Å². The van der Waals surface area contributed by atoms with E-state index in [-0.39, 0.29) is 29.9 Å². The number of likely N-dealkylation sites (tertiary alicyclic amines) is 2. The molecule has 0 spiro atoms. The third-order valence-corrected chi connectivity index (χ3v) is 18.2. The fourth-order valence-corrected chi connectivity index (χ4v) is 14.3. The van der Waals surface area contributed by atoms with Gasteiger partial charge in [0.15, 0.2) is 0 Å². The molecular formula is C61H72Br2Cl2N12O4. The summed E-state index contributed by atoms with van der Waals surface area (Å²) in [4.78, 5) is 70.4. The predicted molar refractivity (Wildman–Crippen MR) is 320 cm³/mol. The lowest BCUT2D eigenvalue weighted by molar-refractivity contribution is -0.141. The highest BCUT2D eigenvalue weighted by atomic mass is 79.9. The summed E-state index contributed by atoms with van der Waals surface area (Å²) in [7, 11) is 0. The third kappa shape index (κ3) is 13.6. The molecule has 20 heteroatoms. The number of nitrogens with zero attached hydrogens (tertiary/aromatic N) is 11. The summed E-state index contributed by atoms with van der Waals surface area (Å²) < 4.78 is 12.0. The van der Waals surface area contributed by atoms with E-state index in [1.54, 1.807) is 11.1 Å². The molecule has 12 rings (SSSR count). The second-order valence-corrected chi connectivity index (χ2v) is 26.4.